The lowest BCUT2D eigenvalue weighted by Crippen LogP contribution is -2.03. The van der Waals surface area contributed by atoms with Gasteiger partial charge in [-0.2, -0.15) is 15.8 Å². The van der Waals surface area contributed by atoms with E-state index < -0.39 is 0 Å². The molecule has 2 N–H and O–H groups in total. The highest BCUT2D eigenvalue weighted by atomic mass is 35.5. The van der Waals surface area contributed by atoms with Crippen LogP contribution in [0.5, 0.6) is 0 Å². The van der Waals surface area contributed by atoms with Crippen molar-refractivity contribution in [2.24, 2.45) is 5.73 Å². The topological polar surface area (TPSA) is 111 Å². The van der Waals surface area contributed by atoms with E-state index in [1.165, 1.54) is 6.08 Å². The predicted octanol–water partition coefficient (Wildman–Crippen LogP) is 4.42. The van der Waals surface area contributed by atoms with Crippen molar-refractivity contribution >= 4 is 29.3 Å². The number of halogens is 2. The zero-order valence-electron chi connectivity index (χ0n) is 12.0. The van der Waals surface area contributed by atoms with Crippen LogP contribution >= 0.6 is 23.2 Å². The molecule has 0 unspecified atom stereocenters. The van der Waals surface area contributed by atoms with Crippen LogP contribution in [0.2, 0.25) is 10.0 Å². The molecule has 0 atom stereocenters. The first-order valence-electron chi connectivity index (χ1n) is 6.47. The maximum atomic E-state index is 9.16. The Bertz CT molecular complexity index is 965. The molecule has 0 aliphatic rings. The van der Waals surface area contributed by atoms with Crippen LogP contribution in [-0.2, 0) is 0 Å². The summed E-state index contributed by atoms with van der Waals surface area (Å²) in [5, 5.41) is 27.6. The zero-order chi connectivity index (χ0) is 17.7. The minimum atomic E-state index is -0.334. The number of allylic oxidation sites excluding steroid dienone is 2. The molecule has 1 aromatic heterocycles. The third-order valence-corrected chi connectivity index (χ3v) is 3.76. The fraction of sp³-hybridized carbons (Fsp3) is 0. The van der Waals surface area contributed by atoms with Crippen molar-refractivity contribution in [1.82, 2.24) is 0 Å². The Morgan fingerprint density at radius 2 is 1.71 bits per heavy atom. The fourth-order valence-electron chi connectivity index (χ4n) is 1.83. The van der Waals surface area contributed by atoms with E-state index in [1.54, 1.807) is 42.5 Å². The molecular weight excluding hydrogens is 347 g/mol. The van der Waals surface area contributed by atoms with Gasteiger partial charge in [-0.05, 0) is 30.3 Å². The quantitative estimate of drug-likeness (QED) is 0.647. The lowest BCUT2D eigenvalue weighted by atomic mass is 10.1. The molecule has 0 aliphatic carbocycles. The van der Waals surface area contributed by atoms with Crippen LogP contribution < -0.4 is 5.73 Å². The number of benzene rings is 1. The Morgan fingerprint density at radius 1 is 1.00 bits per heavy atom. The molecule has 0 saturated heterocycles. The summed E-state index contributed by atoms with van der Waals surface area (Å²) in [7, 11) is 0. The number of furan rings is 1. The monoisotopic (exact) mass is 354 g/mol. The Morgan fingerprint density at radius 3 is 2.29 bits per heavy atom. The Hall–Kier alpha value is -3.17. The van der Waals surface area contributed by atoms with E-state index in [1.807, 2.05) is 6.07 Å². The first kappa shape index (κ1) is 17.2. The van der Waals surface area contributed by atoms with Crippen LogP contribution in [0.15, 0.2) is 51.6 Å². The van der Waals surface area contributed by atoms with Crippen molar-refractivity contribution in [2.45, 2.75) is 0 Å². The summed E-state index contributed by atoms with van der Waals surface area (Å²) in [6.45, 7) is 0. The minimum Gasteiger partial charge on any atom is -0.457 e. The summed E-state index contributed by atoms with van der Waals surface area (Å²) < 4.78 is 5.62. The first-order chi connectivity index (χ1) is 11.5. The van der Waals surface area contributed by atoms with Crippen LogP contribution in [-0.4, -0.2) is 0 Å². The lowest BCUT2D eigenvalue weighted by molar-refractivity contribution is 0.571. The summed E-state index contributed by atoms with van der Waals surface area (Å²) in [5.74, 6) is 0.853. The number of nitrogens with zero attached hydrogens (tertiary/aromatic N) is 3. The molecule has 1 aromatic carbocycles. The molecular formula is C17H8Cl2N4O. The van der Waals surface area contributed by atoms with E-state index in [2.05, 4.69) is 0 Å². The van der Waals surface area contributed by atoms with E-state index in [4.69, 9.17) is 49.1 Å². The summed E-state index contributed by atoms with van der Waals surface area (Å²) >= 11 is 11.8. The Labute approximate surface area is 148 Å². The molecule has 0 radical (unpaired) electrons. The van der Waals surface area contributed by atoms with Gasteiger partial charge in [-0.1, -0.05) is 23.2 Å². The first-order valence-corrected chi connectivity index (χ1v) is 7.23. The van der Waals surface area contributed by atoms with Crippen LogP contribution in [0.4, 0.5) is 0 Å². The Kier molecular flexibility index (Phi) is 5.30. The molecule has 24 heavy (non-hydrogen) atoms. The standard InChI is InChI=1S/C17H8Cl2N4O/c18-14-3-1-10(6-15(14)19)16-4-2-13(24-16)5-11(7-20)17(23)12(8-21)9-22/h1-6H,23H2/b11-5+. The third kappa shape index (κ3) is 3.59. The predicted molar refractivity (Wildman–Crippen MR) is 90.2 cm³/mol. The molecule has 7 heteroatoms. The zero-order valence-corrected chi connectivity index (χ0v) is 13.6. The highest BCUT2D eigenvalue weighted by Crippen LogP contribution is 2.30. The normalized spacial score (nSPS) is 10.4. The van der Waals surface area contributed by atoms with Crippen LogP contribution in [0.25, 0.3) is 17.4 Å². The van der Waals surface area contributed by atoms with E-state index in [0.717, 1.165) is 0 Å². The van der Waals surface area contributed by atoms with Crippen LogP contribution in [0.3, 0.4) is 0 Å². The maximum absolute atomic E-state index is 9.16. The van der Waals surface area contributed by atoms with Gasteiger partial charge in [0.25, 0.3) is 0 Å². The van der Waals surface area contributed by atoms with Crippen molar-refractivity contribution in [1.29, 1.82) is 15.8 Å². The molecule has 5 nitrogen and oxygen atoms in total. The van der Waals surface area contributed by atoms with Crippen molar-refractivity contribution in [2.75, 3.05) is 0 Å². The largest absolute Gasteiger partial charge is 0.457 e. The summed E-state index contributed by atoms with van der Waals surface area (Å²) in [5.41, 5.74) is 5.80. The number of hydrogen-bond acceptors (Lipinski definition) is 5. The molecule has 0 saturated carbocycles. The van der Waals surface area contributed by atoms with Gasteiger partial charge in [0.15, 0.2) is 5.57 Å². The van der Waals surface area contributed by atoms with Gasteiger partial charge in [0, 0.05) is 11.6 Å². The molecule has 2 rings (SSSR count). The summed E-state index contributed by atoms with van der Waals surface area (Å²) in [6.07, 6.45) is 1.35. The van der Waals surface area contributed by atoms with Crippen molar-refractivity contribution in [3.05, 3.63) is 63.0 Å². The third-order valence-electron chi connectivity index (χ3n) is 3.02. The SMILES string of the molecule is N#CC(C#N)=C(N)/C(C#N)=C/c1ccc(-c2ccc(Cl)c(Cl)c2)o1. The fourth-order valence-corrected chi connectivity index (χ4v) is 2.13. The van der Waals surface area contributed by atoms with E-state index in [0.29, 0.717) is 27.1 Å². The molecule has 0 aliphatic heterocycles. The second-order valence-electron chi connectivity index (χ2n) is 4.51. The number of rotatable bonds is 3. The maximum Gasteiger partial charge on any atom is 0.153 e. The van der Waals surface area contributed by atoms with Gasteiger partial charge >= 0.3 is 0 Å². The van der Waals surface area contributed by atoms with Crippen molar-refractivity contribution < 1.29 is 4.42 Å². The smallest absolute Gasteiger partial charge is 0.153 e. The molecule has 0 fully saturated rings. The van der Waals surface area contributed by atoms with Gasteiger partial charge in [0.05, 0.1) is 21.3 Å². The van der Waals surface area contributed by atoms with Gasteiger partial charge in [0.2, 0.25) is 0 Å². The minimum absolute atomic E-state index is 0.0388. The number of nitrogens with two attached hydrogens (primary N) is 1. The number of hydrogen-bond donors (Lipinski definition) is 1. The van der Waals surface area contributed by atoms with Gasteiger partial charge in [-0.3, -0.25) is 0 Å². The molecule has 2 aromatic rings. The highest BCUT2D eigenvalue weighted by molar-refractivity contribution is 6.42. The molecule has 0 bridgehead atoms. The van der Waals surface area contributed by atoms with Gasteiger partial charge < -0.3 is 10.2 Å². The van der Waals surface area contributed by atoms with Gasteiger partial charge in [-0.25, -0.2) is 0 Å². The van der Waals surface area contributed by atoms with E-state index in [9.17, 15) is 0 Å². The number of nitriles is 3. The van der Waals surface area contributed by atoms with Crippen molar-refractivity contribution in [3.8, 4) is 29.5 Å². The Balaban J connectivity index is 2.42. The van der Waals surface area contributed by atoms with Crippen molar-refractivity contribution in [3.63, 3.8) is 0 Å². The van der Waals surface area contributed by atoms with Gasteiger partial charge in [-0.15, -0.1) is 0 Å². The average molecular weight is 355 g/mol. The molecule has 0 spiro atoms. The second kappa shape index (κ2) is 7.40. The summed E-state index contributed by atoms with van der Waals surface area (Å²) in [6, 6.07) is 13.5. The van der Waals surface area contributed by atoms with E-state index >= 15 is 0 Å². The summed E-state index contributed by atoms with van der Waals surface area (Å²) in [4.78, 5) is 0. The molecule has 0 amide bonds. The second-order valence-corrected chi connectivity index (χ2v) is 5.33. The van der Waals surface area contributed by atoms with Gasteiger partial charge in [0.1, 0.15) is 29.7 Å². The van der Waals surface area contributed by atoms with E-state index in [-0.39, 0.29) is 16.8 Å². The highest BCUT2D eigenvalue weighted by Gasteiger charge is 2.10. The average Bonchev–Trinajstić information content (AvgIpc) is 3.04. The van der Waals surface area contributed by atoms with Crippen LogP contribution in [0.1, 0.15) is 5.76 Å². The lowest BCUT2D eigenvalue weighted by Gasteiger charge is -2.00. The molecule has 116 valence electrons. The van der Waals surface area contributed by atoms with Crippen LogP contribution in [0, 0.1) is 34.0 Å². The molecule has 1 heterocycles.